The maximum Gasteiger partial charge on any atom is 0.263 e. The Morgan fingerprint density at radius 1 is 1.20 bits per heavy atom. The summed E-state index contributed by atoms with van der Waals surface area (Å²) < 4.78 is 38.5. The lowest BCUT2D eigenvalue weighted by Crippen LogP contribution is -2.21. The first-order valence-electron chi connectivity index (χ1n) is 7.73. The van der Waals surface area contributed by atoms with E-state index in [-0.39, 0.29) is 15.9 Å². The summed E-state index contributed by atoms with van der Waals surface area (Å²) >= 11 is 1.04. The quantitative estimate of drug-likeness (QED) is 0.832. The molecule has 0 spiro atoms. The van der Waals surface area contributed by atoms with Gasteiger partial charge in [0.1, 0.15) is 18.1 Å². The molecule has 0 atom stereocenters. The Bertz CT molecular complexity index is 939. The molecule has 0 saturated heterocycles. The third kappa shape index (κ3) is 3.14. The van der Waals surface area contributed by atoms with Gasteiger partial charge in [-0.15, -0.1) is 0 Å². The van der Waals surface area contributed by atoms with Crippen molar-refractivity contribution in [3.05, 3.63) is 28.8 Å². The van der Waals surface area contributed by atoms with Gasteiger partial charge in [-0.2, -0.15) is 0 Å². The largest absolute Gasteiger partial charge is 0.486 e. The van der Waals surface area contributed by atoms with Crippen LogP contribution in [0.2, 0.25) is 0 Å². The highest BCUT2D eigenvalue weighted by atomic mass is 32.2. The van der Waals surface area contributed by atoms with Gasteiger partial charge >= 0.3 is 0 Å². The molecule has 1 aromatic carbocycles. The Morgan fingerprint density at radius 2 is 2.00 bits per heavy atom. The molecule has 3 heterocycles. The number of rotatable bonds is 3. The fraction of sp³-hybridized carbons (Fsp3) is 0.333. The van der Waals surface area contributed by atoms with Crippen molar-refractivity contribution in [2.45, 2.75) is 17.7 Å². The molecule has 2 aliphatic heterocycles. The summed E-state index contributed by atoms with van der Waals surface area (Å²) in [6.45, 7) is 1.41. The van der Waals surface area contributed by atoms with E-state index < -0.39 is 10.0 Å². The van der Waals surface area contributed by atoms with Gasteiger partial charge in [0.05, 0.1) is 10.6 Å². The van der Waals surface area contributed by atoms with Crippen LogP contribution in [0.5, 0.6) is 11.5 Å². The van der Waals surface area contributed by atoms with Gasteiger partial charge < -0.3 is 14.8 Å². The second kappa shape index (κ2) is 6.19. The number of carbonyl (C=O) groups is 1. The van der Waals surface area contributed by atoms with E-state index >= 15 is 0 Å². The smallest absolute Gasteiger partial charge is 0.263 e. The Kier molecular flexibility index (Phi) is 4.00. The van der Waals surface area contributed by atoms with Crippen molar-refractivity contribution < 1.29 is 22.7 Å². The Balaban J connectivity index is 1.62. The monoisotopic (exact) mass is 381 g/mol. The van der Waals surface area contributed by atoms with E-state index in [1.54, 1.807) is 6.07 Å². The van der Waals surface area contributed by atoms with Gasteiger partial charge in [0, 0.05) is 12.6 Å². The predicted molar refractivity (Wildman–Crippen MR) is 91.0 cm³/mol. The zero-order chi connectivity index (χ0) is 17.4. The fourth-order valence-corrected chi connectivity index (χ4v) is 4.82. The summed E-state index contributed by atoms with van der Waals surface area (Å²) in [6, 6.07) is 4.43. The van der Waals surface area contributed by atoms with Crippen LogP contribution in [0.3, 0.4) is 0 Å². The molecule has 132 valence electrons. The number of amides is 1. The Labute approximate surface area is 148 Å². The number of aromatic nitrogens is 1. The second-order valence-electron chi connectivity index (χ2n) is 5.57. The number of anilines is 1. The molecule has 0 aliphatic carbocycles. The summed E-state index contributed by atoms with van der Waals surface area (Å²) in [5.74, 6) is 0.695. The molecule has 2 N–H and O–H groups in total. The molecular formula is C15H15N3O5S2. The van der Waals surface area contributed by atoms with Crippen molar-refractivity contribution in [3.63, 3.8) is 0 Å². The number of nitrogens with one attached hydrogen (secondary N) is 2. The number of thiazole rings is 1. The number of fused-ring (bicyclic) bond motifs is 2. The summed E-state index contributed by atoms with van der Waals surface area (Å²) in [6.07, 6.45) is 1.41. The van der Waals surface area contributed by atoms with Crippen molar-refractivity contribution in [1.82, 2.24) is 10.3 Å². The van der Waals surface area contributed by atoms with Gasteiger partial charge in [-0.3, -0.25) is 9.52 Å². The highest BCUT2D eigenvalue weighted by Crippen LogP contribution is 2.33. The molecule has 0 unspecified atom stereocenters. The lowest BCUT2D eigenvalue weighted by atomic mass is 10.2. The lowest BCUT2D eigenvalue weighted by molar-refractivity contribution is 0.0960. The maximum absolute atomic E-state index is 12.6. The van der Waals surface area contributed by atoms with Crippen molar-refractivity contribution in [2.24, 2.45) is 0 Å². The van der Waals surface area contributed by atoms with Crippen LogP contribution in [0.4, 0.5) is 5.13 Å². The molecule has 1 amide bonds. The number of hydrogen-bond acceptors (Lipinski definition) is 7. The third-order valence-electron chi connectivity index (χ3n) is 3.83. The maximum atomic E-state index is 12.6. The number of ether oxygens (including phenoxy) is 2. The Morgan fingerprint density at radius 3 is 2.84 bits per heavy atom. The number of aryl methyl sites for hydroxylation is 1. The van der Waals surface area contributed by atoms with Crippen LogP contribution in [-0.4, -0.2) is 39.1 Å². The lowest BCUT2D eigenvalue weighted by Gasteiger charge is -2.18. The number of benzene rings is 1. The van der Waals surface area contributed by atoms with E-state index in [9.17, 15) is 13.2 Å². The van der Waals surface area contributed by atoms with Crippen molar-refractivity contribution in [1.29, 1.82) is 0 Å². The van der Waals surface area contributed by atoms with E-state index in [2.05, 4.69) is 15.0 Å². The first-order valence-corrected chi connectivity index (χ1v) is 10.0. The van der Waals surface area contributed by atoms with E-state index in [0.29, 0.717) is 48.2 Å². The molecule has 0 fully saturated rings. The van der Waals surface area contributed by atoms with E-state index in [1.165, 1.54) is 12.1 Å². The average molecular weight is 381 g/mol. The Hall–Kier alpha value is -2.33. The molecule has 10 heteroatoms. The molecule has 25 heavy (non-hydrogen) atoms. The molecule has 2 aliphatic rings. The summed E-state index contributed by atoms with van der Waals surface area (Å²) in [7, 11) is -3.84. The van der Waals surface area contributed by atoms with Crippen LogP contribution in [0.25, 0.3) is 0 Å². The molecule has 2 aromatic rings. The minimum atomic E-state index is -3.84. The number of carbonyl (C=O) groups excluding carboxylic acids is 1. The molecule has 8 nitrogen and oxygen atoms in total. The van der Waals surface area contributed by atoms with Crippen molar-refractivity contribution in [3.8, 4) is 11.5 Å². The topological polar surface area (TPSA) is 107 Å². The predicted octanol–water partition coefficient (Wildman–Crippen LogP) is 1.39. The third-order valence-corrected chi connectivity index (χ3v) is 6.30. The average Bonchev–Trinajstić information content (AvgIpc) is 2.92. The van der Waals surface area contributed by atoms with Crippen LogP contribution in [0, 0.1) is 0 Å². The van der Waals surface area contributed by atoms with Gasteiger partial charge in [-0.1, -0.05) is 11.3 Å². The number of nitrogens with zero attached hydrogens (tertiary/aromatic N) is 1. The van der Waals surface area contributed by atoms with Crippen molar-refractivity contribution >= 4 is 32.4 Å². The molecule has 0 saturated carbocycles. The highest BCUT2D eigenvalue weighted by molar-refractivity contribution is 7.93. The fourth-order valence-electron chi connectivity index (χ4n) is 2.64. The van der Waals surface area contributed by atoms with Gasteiger partial charge in [-0.05, 0) is 25.0 Å². The molecule has 1 aromatic heterocycles. The van der Waals surface area contributed by atoms with Crippen LogP contribution in [0.15, 0.2) is 23.1 Å². The van der Waals surface area contributed by atoms with Crippen LogP contribution < -0.4 is 19.5 Å². The van der Waals surface area contributed by atoms with Crippen LogP contribution in [-0.2, 0) is 16.4 Å². The minimum Gasteiger partial charge on any atom is -0.486 e. The highest BCUT2D eigenvalue weighted by Gasteiger charge is 2.24. The standard InChI is InChI=1S/C15H15N3O5S2/c19-14-13-10(2-1-5-16-14)17-15(24-13)18-25(20,21)9-3-4-11-12(8-9)23-7-6-22-11/h3-4,8H,1-2,5-7H2,(H,16,19)(H,17,18). The van der Waals surface area contributed by atoms with Crippen molar-refractivity contribution in [2.75, 3.05) is 24.5 Å². The first kappa shape index (κ1) is 16.2. The summed E-state index contributed by atoms with van der Waals surface area (Å²) in [4.78, 5) is 16.7. The van der Waals surface area contributed by atoms with Crippen LogP contribution in [0.1, 0.15) is 21.8 Å². The number of sulfonamides is 1. The number of hydrogen-bond donors (Lipinski definition) is 2. The van der Waals surface area contributed by atoms with Crippen LogP contribution >= 0.6 is 11.3 Å². The molecule has 0 bridgehead atoms. The zero-order valence-electron chi connectivity index (χ0n) is 13.1. The van der Waals surface area contributed by atoms with E-state index in [1.807, 2.05) is 0 Å². The van der Waals surface area contributed by atoms with E-state index in [0.717, 1.165) is 17.8 Å². The van der Waals surface area contributed by atoms with Gasteiger partial charge in [0.2, 0.25) is 0 Å². The zero-order valence-corrected chi connectivity index (χ0v) is 14.7. The summed E-state index contributed by atoms with van der Waals surface area (Å²) in [5, 5.41) is 2.94. The van der Waals surface area contributed by atoms with Gasteiger partial charge in [-0.25, -0.2) is 13.4 Å². The normalized spacial score (nSPS) is 16.6. The summed E-state index contributed by atoms with van der Waals surface area (Å²) in [5.41, 5.74) is 0.625. The molecule has 0 radical (unpaired) electrons. The molecule has 4 rings (SSSR count). The molecular weight excluding hydrogens is 366 g/mol. The second-order valence-corrected chi connectivity index (χ2v) is 8.25. The van der Waals surface area contributed by atoms with Gasteiger partial charge in [0.15, 0.2) is 16.6 Å². The first-order chi connectivity index (χ1) is 12.0. The SMILES string of the molecule is O=C1NCCCc2nc(NS(=O)(=O)c3ccc4c(c3)OCCO4)sc21. The minimum absolute atomic E-state index is 0.0478. The van der Waals surface area contributed by atoms with Gasteiger partial charge in [0.25, 0.3) is 15.9 Å². The van der Waals surface area contributed by atoms with E-state index in [4.69, 9.17) is 9.47 Å².